The molecule has 1 radical (unpaired) electrons. The Bertz CT molecular complexity index is 374. The summed E-state index contributed by atoms with van der Waals surface area (Å²) in [4.78, 5) is 23.2. The van der Waals surface area contributed by atoms with Gasteiger partial charge >= 0.3 is 11.9 Å². The van der Waals surface area contributed by atoms with Crippen LogP contribution in [0.2, 0.25) is 0 Å². The Kier molecular flexibility index (Phi) is 3.73. The predicted molar refractivity (Wildman–Crippen MR) is 65.3 cm³/mol. The monoisotopic (exact) mass is 251 g/mol. The van der Waals surface area contributed by atoms with Crippen LogP contribution in [-0.2, 0) is 19.1 Å². The molecule has 4 atom stereocenters. The minimum atomic E-state index is -0.329. The van der Waals surface area contributed by atoms with Crippen molar-refractivity contribution in [2.45, 2.75) is 32.3 Å². The van der Waals surface area contributed by atoms with Crippen LogP contribution in [0, 0.1) is 24.7 Å². The number of hydrogen-bond donors (Lipinski definition) is 0. The molecular weight excluding hydrogens is 232 g/mol. The topological polar surface area (TPSA) is 52.6 Å². The second-order valence-corrected chi connectivity index (χ2v) is 5.23. The Balaban J connectivity index is 1.89. The highest BCUT2D eigenvalue weighted by molar-refractivity contribution is 5.87. The molecule has 0 amide bonds. The molecule has 4 unspecified atom stereocenters. The van der Waals surface area contributed by atoms with Gasteiger partial charge in [0.25, 0.3) is 0 Å². The maximum Gasteiger partial charge on any atom is 0.333 e. The van der Waals surface area contributed by atoms with Gasteiger partial charge in [-0.15, -0.1) is 0 Å². The van der Waals surface area contributed by atoms with Crippen molar-refractivity contribution in [3.8, 4) is 0 Å². The summed E-state index contributed by atoms with van der Waals surface area (Å²) in [5.41, 5.74) is 0.422. The van der Waals surface area contributed by atoms with Gasteiger partial charge in [-0.2, -0.15) is 0 Å². The van der Waals surface area contributed by atoms with Gasteiger partial charge in [-0.3, -0.25) is 4.79 Å². The van der Waals surface area contributed by atoms with Gasteiger partial charge in [-0.1, -0.05) is 6.58 Å². The summed E-state index contributed by atoms with van der Waals surface area (Å²) < 4.78 is 10.4. The highest BCUT2D eigenvalue weighted by Crippen LogP contribution is 2.50. The third kappa shape index (κ3) is 2.42. The van der Waals surface area contributed by atoms with E-state index < -0.39 is 0 Å². The molecule has 99 valence electrons. The van der Waals surface area contributed by atoms with Gasteiger partial charge in [0.05, 0.1) is 12.5 Å². The van der Waals surface area contributed by atoms with E-state index in [1.165, 1.54) is 0 Å². The molecule has 2 rings (SSSR count). The third-order valence-electron chi connectivity index (χ3n) is 3.95. The molecule has 4 heteroatoms. The van der Waals surface area contributed by atoms with Crippen LogP contribution in [0.3, 0.4) is 0 Å². The van der Waals surface area contributed by atoms with Crippen LogP contribution in [0.4, 0.5) is 0 Å². The molecule has 0 spiro atoms. The van der Waals surface area contributed by atoms with Crippen molar-refractivity contribution >= 4 is 11.9 Å². The molecule has 2 saturated carbocycles. The van der Waals surface area contributed by atoms with Gasteiger partial charge < -0.3 is 9.47 Å². The van der Waals surface area contributed by atoms with E-state index in [2.05, 4.69) is 13.5 Å². The summed E-state index contributed by atoms with van der Waals surface area (Å²) in [5.74, 6) is 0.0702. The van der Waals surface area contributed by atoms with Gasteiger partial charge in [0.2, 0.25) is 0 Å². The van der Waals surface area contributed by atoms with Crippen molar-refractivity contribution in [3.63, 3.8) is 0 Å². The molecule has 2 aliphatic carbocycles. The van der Waals surface area contributed by atoms with Crippen molar-refractivity contribution in [3.05, 3.63) is 19.1 Å². The van der Waals surface area contributed by atoms with Crippen molar-refractivity contribution in [1.82, 2.24) is 0 Å². The quantitative estimate of drug-likeness (QED) is 0.565. The first kappa shape index (κ1) is 13.1. The fourth-order valence-electron chi connectivity index (χ4n) is 3.10. The van der Waals surface area contributed by atoms with Crippen molar-refractivity contribution in [1.29, 1.82) is 0 Å². The second kappa shape index (κ2) is 5.12. The fraction of sp³-hybridized carbons (Fsp3) is 0.643. The Hall–Kier alpha value is -1.32. The number of carbonyl (C=O) groups is 2. The largest absolute Gasteiger partial charge is 0.465 e. The van der Waals surface area contributed by atoms with E-state index in [-0.39, 0.29) is 36.5 Å². The molecule has 0 N–H and O–H groups in total. The van der Waals surface area contributed by atoms with E-state index in [1.54, 1.807) is 6.92 Å². The van der Waals surface area contributed by atoms with Crippen LogP contribution in [0.15, 0.2) is 12.2 Å². The van der Waals surface area contributed by atoms with E-state index in [0.29, 0.717) is 11.5 Å². The number of rotatable bonds is 4. The highest BCUT2D eigenvalue weighted by atomic mass is 16.5. The second-order valence-electron chi connectivity index (χ2n) is 5.23. The lowest BCUT2D eigenvalue weighted by Crippen LogP contribution is -2.31. The van der Waals surface area contributed by atoms with Crippen LogP contribution in [-0.4, -0.2) is 24.6 Å². The molecule has 2 aliphatic rings. The van der Waals surface area contributed by atoms with Crippen LogP contribution < -0.4 is 0 Å². The van der Waals surface area contributed by atoms with Gasteiger partial charge in [0, 0.05) is 5.57 Å². The fourth-order valence-corrected chi connectivity index (χ4v) is 3.10. The molecule has 0 aromatic heterocycles. The molecule has 0 aromatic rings. The zero-order valence-corrected chi connectivity index (χ0v) is 10.7. The third-order valence-corrected chi connectivity index (χ3v) is 3.95. The van der Waals surface area contributed by atoms with Gasteiger partial charge in [0.1, 0.15) is 6.10 Å². The van der Waals surface area contributed by atoms with Gasteiger partial charge in [-0.25, -0.2) is 4.79 Å². The van der Waals surface area contributed by atoms with Crippen LogP contribution >= 0.6 is 0 Å². The molecule has 2 bridgehead atoms. The van der Waals surface area contributed by atoms with Crippen LogP contribution in [0.25, 0.3) is 0 Å². The summed E-state index contributed by atoms with van der Waals surface area (Å²) in [7, 11) is 0. The molecular formula is C14H19O4. The number of hydrogen-bond acceptors (Lipinski definition) is 4. The van der Waals surface area contributed by atoms with Crippen LogP contribution in [0.1, 0.15) is 26.2 Å². The highest BCUT2D eigenvalue weighted by Gasteiger charge is 2.50. The van der Waals surface area contributed by atoms with Crippen LogP contribution in [0.5, 0.6) is 0 Å². The predicted octanol–water partition coefficient (Wildman–Crippen LogP) is 1.90. The van der Waals surface area contributed by atoms with Gasteiger partial charge in [0.15, 0.2) is 0 Å². The standard InChI is InChI=1S/C14H19O4/c1-4-17-14(16)11-6-10-5-9(11)7-12(10)18-13(15)8(2)3/h9-12H,1-2,4-7H2,3H3. The van der Waals surface area contributed by atoms with E-state index in [9.17, 15) is 9.59 Å². The lowest BCUT2D eigenvalue weighted by molar-refractivity contribution is -0.152. The Morgan fingerprint density at radius 2 is 1.94 bits per heavy atom. The SMILES string of the molecule is [CH2]COC(=O)C1CC2CC1CC2OC(=O)C(=C)C. The number of esters is 2. The molecule has 0 aliphatic heterocycles. The minimum Gasteiger partial charge on any atom is -0.465 e. The molecule has 0 aromatic carbocycles. The number of ether oxygens (including phenoxy) is 2. The Labute approximate surface area is 107 Å². The summed E-state index contributed by atoms with van der Waals surface area (Å²) in [6.07, 6.45) is 2.42. The molecule has 2 fully saturated rings. The summed E-state index contributed by atoms with van der Waals surface area (Å²) in [6, 6.07) is 0. The van der Waals surface area contributed by atoms with E-state index in [1.807, 2.05) is 0 Å². The van der Waals surface area contributed by atoms with Crippen molar-refractivity contribution in [2.75, 3.05) is 6.61 Å². The first-order valence-electron chi connectivity index (χ1n) is 6.35. The molecule has 18 heavy (non-hydrogen) atoms. The number of fused-ring (bicyclic) bond motifs is 2. The van der Waals surface area contributed by atoms with Crippen molar-refractivity contribution in [2.24, 2.45) is 17.8 Å². The van der Waals surface area contributed by atoms with Gasteiger partial charge in [-0.05, 0) is 44.9 Å². The summed E-state index contributed by atoms with van der Waals surface area (Å²) in [5, 5.41) is 0. The lowest BCUT2D eigenvalue weighted by atomic mass is 9.87. The average molecular weight is 251 g/mol. The Morgan fingerprint density at radius 1 is 1.22 bits per heavy atom. The Morgan fingerprint density at radius 3 is 2.44 bits per heavy atom. The molecule has 0 heterocycles. The summed E-state index contributed by atoms with van der Waals surface area (Å²) in [6.45, 7) is 8.91. The first-order valence-corrected chi connectivity index (χ1v) is 6.35. The first-order chi connectivity index (χ1) is 8.52. The average Bonchev–Trinajstić information content (AvgIpc) is 2.88. The van der Waals surface area contributed by atoms with E-state index >= 15 is 0 Å². The van der Waals surface area contributed by atoms with E-state index in [0.717, 1.165) is 19.3 Å². The molecule has 0 saturated heterocycles. The van der Waals surface area contributed by atoms with Crippen molar-refractivity contribution < 1.29 is 19.1 Å². The summed E-state index contributed by atoms with van der Waals surface area (Å²) >= 11 is 0. The minimum absolute atomic E-state index is 0.0310. The normalized spacial score (nSPS) is 33.2. The number of carbonyl (C=O) groups excluding carboxylic acids is 2. The van der Waals surface area contributed by atoms with E-state index in [4.69, 9.17) is 9.47 Å². The maximum absolute atomic E-state index is 11.7. The maximum atomic E-state index is 11.7. The zero-order chi connectivity index (χ0) is 13.3. The zero-order valence-electron chi connectivity index (χ0n) is 10.7. The smallest absolute Gasteiger partial charge is 0.333 e. The molecule has 4 nitrogen and oxygen atoms in total. The lowest BCUT2D eigenvalue weighted by Gasteiger charge is -2.26.